The largest absolute Gasteiger partial charge is 0.492 e. The first-order valence-electron chi connectivity index (χ1n) is 17.2. The number of alkyl halides is 3. The molecule has 0 saturated carbocycles. The number of hydrogen-bond donors (Lipinski definition) is 3. The van der Waals surface area contributed by atoms with E-state index in [9.17, 15) is 27.6 Å². The van der Waals surface area contributed by atoms with E-state index < -0.39 is 36.0 Å². The van der Waals surface area contributed by atoms with Gasteiger partial charge in [0.25, 0.3) is 5.91 Å². The van der Waals surface area contributed by atoms with Crippen LogP contribution in [-0.2, 0) is 29.1 Å². The zero-order valence-corrected chi connectivity index (χ0v) is 30.8. The van der Waals surface area contributed by atoms with Crippen molar-refractivity contribution in [2.24, 2.45) is 5.41 Å². The minimum Gasteiger partial charge on any atom is -0.492 e. The Morgan fingerprint density at radius 2 is 1.72 bits per heavy atom. The summed E-state index contributed by atoms with van der Waals surface area (Å²) >= 11 is 6.53. The molecule has 3 amide bonds. The fraction of sp³-hybridized carbons (Fsp3) is 0.368. The smallest absolute Gasteiger partial charge is 0.422 e. The molecular weight excluding hydrogens is 727 g/mol. The number of carbonyl (C=O) groups is 3. The van der Waals surface area contributed by atoms with Gasteiger partial charge in [-0.15, -0.1) is 0 Å². The van der Waals surface area contributed by atoms with Gasteiger partial charge in [-0.05, 0) is 59.7 Å². The fourth-order valence-corrected chi connectivity index (χ4v) is 5.73. The van der Waals surface area contributed by atoms with Crippen LogP contribution in [0.25, 0.3) is 0 Å². The van der Waals surface area contributed by atoms with E-state index >= 15 is 0 Å². The van der Waals surface area contributed by atoms with Crippen molar-refractivity contribution in [1.82, 2.24) is 30.5 Å². The summed E-state index contributed by atoms with van der Waals surface area (Å²) in [4.78, 5) is 53.7. The lowest BCUT2D eigenvalue weighted by Crippen LogP contribution is -2.49. The van der Waals surface area contributed by atoms with Crippen molar-refractivity contribution in [3.63, 3.8) is 0 Å². The summed E-state index contributed by atoms with van der Waals surface area (Å²) in [5.41, 5.74) is 3.03. The maximum atomic E-state index is 13.5. The Labute approximate surface area is 315 Å². The lowest BCUT2D eigenvalue weighted by molar-refractivity contribution is -0.154. The van der Waals surface area contributed by atoms with Gasteiger partial charge in [-0.25, -0.2) is 0 Å². The first kappa shape index (κ1) is 39.8. The molecule has 4 aliphatic rings. The molecule has 0 spiro atoms. The molecular formula is C38H41ClF3N7O5. The van der Waals surface area contributed by atoms with Crippen molar-refractivity contribution in [1.29, 1.82) is 0 Å². The van der Waals surface area contributed by atoms with Gasteiger partial charge in [0.2, 0.25) is 5.95 Å². The van der Waals surface area contributed by atoms with Crippen LogP contribution in [0.5, 0.6) is 11.8 Å². The number of benzene rings is 3. The Balaban J connectivity index is 1.35. The van der Waals surface area contributed by atoms with E-state index in [-0.39, 0.29) is 63.4 Å². The number of aromatic nitrogens is 3. The van der Waals surface area contributed by atoms with Gasteiger partial charge in [0, 0.05) is 44.7 Å². The Kier molecular flexibility index (Phi) is 13.0. The average Bonchev–Trinajstić information content (AvgIpc) is 3.13. The van der Waals surface area contributed by atoms with E-state index in [0.29, 0.717) is 33.9 Å². The number of rotatable bonds is 4. The number of aryl methyl sites for hydroxylation is 1. The zero-order valence-electron chi connectivity index (χ0n) is 30.1. The lowest BCUT2D eigenvalue weighted by atomic mass is 9.92. The highest BCUT2D eigenvalue weighted by Gasteiger charge is 2.30. The molecule has 0 aliphatic carbocycles. The van der Waals surface area contributed by atoms with Crippen LogP contribution in [-0.4, -0.2) is 76.6 Å². The minimum atomic E-state index is -4.60. The predicted octanol–water partition coefficient (Wildman–Crippen LogP) is 5.66. The van der Waals surface area contributed by atoms with Crippen molar-refractivity contribution in [3.05, 3.63) is 105 Å². The second-order valence-electron chi connectivity index (χ2n) is 13.7. The Morgan fingerprint density at radius 1 is 1.00 bits per heavy atom. The average molecular weight is 768 g/mol. The molecule has 0 unspecified atom stereocenters. The number of nitrogens with one attached hydrogen (secondary N) is 3. The number of carbonyl (C=O) groups excluding carboxylic acids is 3. The van der Waals surface area contributed by atoms with Gasteiger partial charge in [-0.3, -0.25) is 14.4 Å². The number of nitrogens with zero attached hydrogens (tertiary/aromatic N) is 4. The fourth-order valence-electron chi connectivity index (χ4n) is 5.47. The molecule has 5 heterocycles. The van der Waals surface area contributed by atoms with Gasteiger partial charge >= 0.3 is 24.0 Å². The molecule has 0 radical (unpaired) electrons. The van der Waals surface area contributed by atoms with E-state index in [1.165, 1.54) is 4.90 Å². The van der Waals surface area contributed by atoms with Crippen LogP contribution in [0.3, 0.4) is 0 Å². The molecule has 286 valence electrons. The molecule has 8 rings (SSSR count). The third-order valence-electron chi connectivity index (χ3n) is 8.28. The summed E-state index contributed by atoms with van der Waals surface area (Å²) in [5, 5.41) is 8.92. The molecule has 4 aliphatic heterocycles. The summed E-state index contributed by atoms with van der Waals surface area (Å²) in [6.07, 6.45) is -4.12. The number of anilines is 1. The Bertz CT molecular complexity index is 1940. The van der Waals surface area contributed by atoms with Gasteiger partial charge in [0.05, 0.1) is 11.6 Å². The van der Waals surface area contributed by atoms with Crippen LogP contribution >= 0.6 is 11.6 Å². The number of amides is 3. The first-order chi connectivity index (χ1) is 25.6. The monoisotopic (exact) mass is 767 g/mol. The van der Waals surface area contributed by atoms with E-state index in [1.54, 1.807) is 42.5 Å². The molecule has 3 aromatic carbocycles. The molecule has 0 fully saturated rings. The minimum absolute atomic E-state index is 0.00961. The highest BCUT2D eigenvalue weighted by Crippen LogP contribution is 2.27. The van der Waals surface area contributed by atoms with Crippen molar-refractivity contribution < 1.29 is 37.0 Å². The Hall–Kier alpha value is -5.44. The van der Waals surface area contributed by atoms with Gasteiger partial charge in [0.1, 0.15) is 11.6 Å². The molecule has 12 nitrogen and oxygen atoms in total. The predicted molar refractivity (Wildman–Crippen MR) is 195 cm³/mol. The van der Waals surface area contributed by atoms with Crippen LogP contribution in [0.1, 0.15) is 58.7 Å². The topological polar surface area (TPSA) is 148 Å². The van der Waals surface area contributed by atoms with E-state index in [4.69, 9.17) is 21.1 Å². The molecule has 3 N–H and O–H groups in total. The normalized spacial score (nSPS) is 15.3. The van der Waals surface area contributed by atoms with Crippen molar-refractivity contribution in [2.45, 2.75) is 52.9 Å². The van der Waals surface area contributed by atoms with E-state index in [1.807, 2.05) is 45.0 Å². The summed E-state index contributed by atoms with van der Waals surface area (Å²) in [5.74, 6) is -1.28. The SMILES string of the molecule is Cc1ccc(CNC(=O)C(=O)N2CCCOc3ccc(cc3Cl)CNc3nc(nc(OCC(F)(F)F)n3)Cc3ccc(cc3)C(=O)NCC(C)(C)C2)cc1. The van der Waals surface area contributed by atoms with Crippen molar-refractivity contribution in [2.75, 3.05) is 38.2 Å². The highest BCUT2D eigenvalue weighted by atomic mass is 35.5. The highest BCUT2D eigenvalue weighted by molar-refractivity contribution is 6.35. The molecule has 54 heavy (non-hydrogen) atoms. The molecule has 1 aromatic heterocycles. The second-order valence-corrected chi connectivity index (χ2v) is 14.1. The van der Waals surface area contributed by atoms with Gasteiger partial charge in [-0.1, -0.05) is 73.5 Å². The Morgan fingerprint density at radius 3 is 2.43 bits per heavy atom. The van der Waals surface area contributed by atoms with E-state index in [0.717, 1.165) is 11.1 Å². The third kappa shape index (κ3) is 12.0. The maximum absolute atomic E-state index is 13.5. The number of halogens is 4. The standard InChI is InChI=1S/C38H41ClF3N7O5/c1-24-5-7-26(8-6-24)19-43-33(51)34(52)49-15-4-16-53-30-14-11-27(17-29(30)39)20-44-35-46-31(47-36(48-35)54-23-38(40,41)42)18-25-9-12-28(13-10-25)32(50)45-21-37(2,3)22-49/h5-14,17H,4,15-16,18-23H2,1-3H3,(H,43,51)(H,45,50)(H,44,46,47,48). The second kappa shape index (κ2) is 17.6. The maximum Gasteiger partial charge on any atom is 0.422 e. The first-order valence-corrected chi connectivity index (χ1v) is 17.6. The molecule has 0 atom stereocenters. The lowest BCUT2D eigenvalue weighted by Gasteiger charge is -2.32. The molecule has 0 saturated heterocycles. The van der Waals surface area contributed by atoms with Crippen LogP contribution in [0.15, 0.2) is 66.7 Å². The summed E-state index contributed by atoms with van der Waals surface area (Å²) in [6, 6.07) is 18.8. The summed E-state index contributed by atoms with van der Waals surface area (Å²) in [6.45, 7) is 5.21. The number of ether oxygens (including phenoxy) is 2. The molecule has 4 aromatic rings. The quantitative estimate of drug-likeness (QED) is 0.224. The van der Waals surface area contributed by atoms with Crippen molar-refractivity contribution >= 4 is 35.3 Å². The molecule has 16 heteroatoms. The van der Waals surface area contributed by atoms with Gasteiger partial charge < -0.3 is 30.3 Å². The summed E-state index contributed by atoms with van der Waals surface area (Å²) in [7, 11) is 0. The summed E-state index contributed by atoms with van der Waals surface area (Å²) < 4.78 is 49.5. The zero-order chi connectivity index (χ0) is 38.9. The van der Waals surface area contributed by atoms with E-state index in [2.05, 4.69) is 30.9 Å². The van der Waals surface area contributed by atoms with Crippen molar-refractivity contribution in [3.8, 4) is 11.8 Å². The molecule has 6 bridgehead atoms. The third-order valence-corrected chi connectivity index (χ3v) is 8.58. The number of hydrogen-bond acceptors (Lipinski definition) is 9. The van der Waals surface area contributed by atoms with Gasteiger partial charge in [-0.2, -0.15) is 28.1 Å². The van der Waals surface area contributed by atoms with Crippen LogP contribution in [0.4, 0.5) is 19.1 Å². The van der Waals surface area contributed by atoms with Crippen LogP contribution in [0.2, 0.25) is 5.02 Å². The van der Waals surface area contributed by atoms with Crippen LogP contribution in [0, 0.1) is 12.3 Å². The van der Waals surface area contributed by atoms with Gasteiger partial charge in [0.15, 0.2) is 6.61 Å². The van der Waals surface area contributed by atoms with Crippen LogP contribution < -0.4 is 25.4 Å².